The van der Waals surface area contributed by atoms with Gasteiger partial charge in [-0.3, -0.25) is 0 Å². The van der Waals surface area contributed by atoms with Gasteiger partial charge in [0.05, 0.1) is 75.9 Å². The highest BCUT2D eigenvalue weighted by Gasteiger charge is 2.49. The average Bonchev–Trinajstić information content (AvgIpc) is 0.803. The molecule has 0 amide bonds. The van der Waals surface area contributed by atoms with E-state index in [4.69, 9.17) is 46.7 Å². The van der Waals surface area contributed by atoms with Crippen LogP contribution < -0.4 is 0 Å². The van der Waals surface area contributed by atoms with Crippen molar-refractivity contribution in [2.24, 2.45) is 10.8 Å². The molecule has 0 aromatic carbocycles. The second-order valence-corrected chi connectivity index (χ2v) is 34.9. The Labute approximate surface area is 629 Å². The Kier molecular flexibility index (Phi) is 80.1. The topological polar surface area (TPSA) is 226 Å². The normalized spacial score (nSPS) is 16.6. The van der Waals surface area contributed by atoms with Gasteiger partial charge in [-0.2, -0.15) is 0 Å². The van der Waals surface area contributed by atoms with Crippen LogP contribution in [0.1, 0.15) is 451 Å². The second kappa shape index (κ2) is 79.2. The lowest BCUT2D eigenvalue weighted by molar-refractivity contribution is -0.162. The average molecular weight is 1520 g/mol. The molecule has 0 atom stereocenters. The summed E-state index contributed by atoms with van der Waals surface area (Å²) in [6.07, 6.45) is 87.2. The van der Waals surface area contributed by atoms with Gasteiger partial charge in [-0.05, 0) is 25.7 Å². The monoisotopic (exact) mass is 1520 g/mol. The van der Waals surface area contributed by atoms with Gasteiger partial charge in [0.25, 0.3) is 0 Å². The number of aliphatic hydroxyl groups excluding tert-OH is 3. The fourth-order valence-corrected chi connectivity index (χ4v) is 17.1. The van der Waals surface area contributed by atoms with E-state index in [1.54, 1.807) is 0 Å². The van der Waals surface area contributed by atoms with E-state index in [-0.39, 0.29) is 25.2 Å². The quantitative estimate of drug-likeness (QED) is 0.0209. The number of unbranched alkanes of at least 4 members (excludes halogenated alkanes) is 60. The number of hydrogen-bond donors (Lipinski definition) is 8. The molecule has 2 saturated heterocycles. The summed E-state index contributed by atoms with van der Waals surface area (Å²) in [6, 6.07) is 0. The molecule has 0 unspecified atom stereocenters. The first-order valence-electron chi connectivity index (χ1n) is 43.4. The van der Waals surface area contributed by atoms with Crippen molar-refractivity contribution in [1.82, 2.24) is 0 Å². The molecule has 2 aliphatic heterocycles. The van der Waals surface area contributed by atoms with E-state index in [2.05, 4.69) is 32.0 Å². The van der Waals surface area contributed by atoms with E-state index in [1.807, 2.05) is 0 Å². The summed E-state index contributed by atoms with van der Waals surface area (Å²) in [5.41, 5.74) is -2.66. The first-order valence-corrected chi connectivity index (χ1v) is 47.9. The summed E-state index contributed by atoms with van der Waals surface area (Å²) in [4.78, 5) is 31.3. The van der Waals surface area contributed by atoms with Crippen LogP contribution in [0, 0.1) is 10.8 Å². The zero-order valence-corrected chi connectivity index (χ0v) is 70.3. The summed E-state index contributed by atoms with van der Waals surface area (Å²) in [6.45, 7) is 11.7. The highest BCUT2D eigenvalue weighted by atomic mass is 31.2. The van der Waals surface area contributed by atoms with Crippen LogP contribution >= 0.6 is 34.4 Å². The summed E-state index contributed by atoms with van der Waals surface area (Å²) < 4.78 is 39.3. The van der Waals surface area contributed by atoms with Crippen LogP contribution in [-0.4, -0.2) is 105 Å². The smallest absolute Gasteiger partial charge is 0.334 e. The molecule has 2 aliphatic rings. The molecule has 2 fully saturated rings. The van der Waals surface area contributed by atoms with Gasteiger partial charge in [0.1, 0.15) is 0 Å². The van der Waals surface area contributed by atoms with Crippen molar-refractivity contribution < 1.29 is 71.5 Å². The maximum Gasteiger partial charge on any atom is 0.334 e. The molecule has 15 nitrogen and oxygen atoms in total. The number of hydrogen-bond acceptors (Lipinski definition) is 15. The molecule has 0 bridgehead atoms. The van der Waals surface area contributed by atoms with Crippen LogP contribution in [0.15, 0.2) is 0 Å². The van der Waals surface area contributed by atoms with Crippen molar-refractivity contribution in [2.75, 3.05) is 59.5 Å². The molecular formula is C82H170O15P4. The Hall–Kier alpha value is 1.12. The lowest BCUT2D eigenvalue weighted by Gasteiger charge is -2.44. The minimum atomic E-state index is -2.61. The molecule has 0 saturated carbocycles. The fraction of sp³-hybridized carbons (Fsp3) is 1.00. The molecular weight excluding hydrogens is 1350 g/mol. The van der Waals surface area contributed by atoms with Gasteiger partial charge in [0.15, 0.2) is 0 Å². The molecule has 1 spiro atoms. The fourth-order valence-electron chi connectivity index (χ4n) is 14.1. The standard InChI is InChI=1S/C41H82O6P2.C41H84O4.H4O5P2/c1-3-5-7-9-11-13-15-17-19-21-23-25-27-29-31-33-35-42-48-44-37-41(38-45-48)39-46-49(47-40-41)43-36-34-32-30-28-26-24-22-20-18-16-14-12-10-8-6-4-2;1-3-5-7-9-11-13-15-17-19-21-23-25-27-29-31-33-35-41(45,40(37-42,38-43)39-44)36-34-32-30-28-26-24-22-20-18-16-14-12-10-8-6-4-2;1-6(2)5-7(3)4/h3-40H2,1-2H3;42-45H,3-39H2,1-2H3;1-4H. The van der Waals surface area contributed by atoms with Crippen LogP contribution in [0.3, 0.4) is 0 Å². The van der Waals surface area contributed by atoms with Gasteiger partial charge in [0.2, 0.25) is 0 Å². The molecule has 19 heteroatoms. The Bertz CT molecular complexity index is 1470. The molecule has 0 aliphatic carbocycles. The van der Waals surface area contributed by atoms with E-state index >= 15 is 0 Å². The molecule has 8 N–H and O–H groups in total. The van der Waals surface area contributed by atoms with Crippen molar-refractivity contribution in [2.45, 2.75) is 457 Å². The van der Waals surface area contributed by atoms with Gasteiger partial charge in [0, 0.05) is 0 Å². The van der Waals surface area contributed by atoms with E-state index in [0.29, 0.717) is 39.3 Å². The van der Waals surface area contributed by atoms with Crippen LogP contribution in [0.2, 0.25) is 0 Å². The third-order valence-electron chi connectivity index (χ3n) is 21.2. The second-order valence-electron chi connectivity index (χ2n) is 30.8. The molecule has 0 aromatic rings. The Morgan fingerprint density at radius 2 is 0.446 bits per heavy atom. The summed E-state index contributed by atoms with van der Waals surface area (Å²) >= 11 is 0. The summed E-state index contributed by atoms with van der Waals surface area (Å²) in [7, 11) is -7.70. The van der Waals surface area contributed by atoms with Crippen LogP contribution in [0.4, 0.5) is 0 Å². The molecule has 101 heavy (non-hydrogen) atoms. The number of aliphatic hydroxyl groups is 4. The highest BCUT2D eigenvalue weighted by molar-refractivity contribution is 7.53. The van der Waals surface area contributed by atoms with E-state index in [0.717, 1.165) is 51.7 Å². The first kappa shape index (κ1) is 102. The molecule has 0 aromatic heterocycles. The largest absolute Gasteiger partial charge is 0.395 e. The van der Waals surface area contributed by atoms with Gasteiger partial charge in [-0.25, -0.2) is 4.31 Å². The lowest BCUT2D eigenvalue weighted by Crippen LogP contribution is -2.55. The summed E-state index contributed by atoms with van der Waals surface area (Å²) in [5, 5.41) is 42.0. The lowest BCUT2D eigenvalue weighted by atomic mass is 9.68. The van der Waals surface area contributed by atoms with Crippen molar-refractivity contribution in [3.8, 4) is 0 Å². The van der Waals surface area contributed by atoms with Crippen molar-refractivity contribution >= 4 is 34.4 Å². The zero-order chi connectivity index (χ0) is 73.8. The minimum absolute atomic E-state index is 0.229. The van der Waals surface area contributed by atoms with Crippen molar-refractivity contribution in [3.05, 3.63) is 0 Å². The van der Waals surface area contributed by atoms with Crippen LogP contribution in [-0.2, 0) is 31.5 Å². The van der Waals surface area contributed by atoms with Crippen molar-refractivity contribution in [3.63, 3.8) is 0 Å². The Morgan fingerprint density at radius 3 is 0.604 bits per heavy atom. The highest BCUT2D eigenvalue weighted by Crippen LogP contribution is 2.53. The molecule has 2 rings (SSSR count). The van der Waals surface area contributed by atoms with Gasteiger partial charge in [-0.15, -0.1) is 0 Å². The zero-order valence-electron chi connectivity index (χ0n) is 66.8. The predicted molar refractivity (Wildman–Crippen MR) is 432 cm³/mol. The van der Waals surface area contributed by atoms with E-state index in [1.165, 1.54) is 372 Å². The van der Waals surface area contributed by atoms with E-state index < -0.39 is 45.4 Å². The van der Waals surface area contributed by atoms with Gasteiger partial charge >= 0.3 is 34.4 Å². The molecule has 2 heterocycles. The van der Waals surface area contributed by atoms with Gasteiger partial charge in [-0.1, -0.05) is 426 Å². The van der Waals surface area contributed by atoms with Crippen molar-refractivity contribution in [1.29, 1.82) is 0 Å². The minimum Gasteiger partial charge on any atom is -0.395 e. The predicted octanol–water partition coefficient (Wildman–Crippen LogP) is 26.5. The summed E-state index contributed by atoms with van der Waals surface area (Å²) in [5.74, 6) is 0. The Balaban J connectivity index is 0.00000181. The van der Waals surface area contributed by atoms with Gasteiger partial charge < -0.3 is 67.1 Å². The van der Waals surface area contributed by atoms with Crippen LogP contribution in [0.25, 0.3) is 0 Å². The number of rotatable bonds is 76. The molecule has 608 valence electrons. The van der Waals surface area contributed by atoms with Crippen LogP contribution in [0.5, 0.6) is 0 Å². The Morgan fingerprint density at radius 1 is 0.277 bits per heavy atom. The van der Waals surface area contributed by atoms with E-state index in [9.17, 15) is 20.4 Å². The maximum absolute atomic E-state index is 11.7. The molecule has 0 radical (unpaired) electrons. The maximum atomic E-state index is 11.7. The third kappa shape index (κ3) is 65.5. The first-order chi connectivity index (χ1) is 49.5. The SMILES string of the molecule is CCCCCCCCCCCCCCCCCCC(O)(CCCCCCCCCCCCCCCCCC)C(CO)(CO)CO.CCCCCCCCCCCCCCCCCCOP1OCC2(CO1)COP(OCCCCCCCCCCCCCCCCCC)OC2.OP(O)OP(O)O. The third-order valence-corrected chi connectivity index (χ3v) is 24.5.